The molecule has 0 aliphatic heterocycles. The van der Waals surface area contributed by atoms with Gasteiger partial charge in [0.15, 0.2) is 0 Å². The van der Waals surface area contributed by atoms with Crippen LogP contribution in [-0.4, -0.2) is 29.7 Å². The maximum atomic E-state index is 12.0. The van der Waals surface area contributed by atoms with Gasteiger partial charge in [-0.1, -0.05) is 20.3 Å². The van der Waals surface area contributed by atoms with Crippen LogP contribution in [0.2, 0.25) is 0 Å². The van der Waals surface area contributed by atoms with Crippen molar-refractivity contribution in [2.24, 2.45) is 17.3 Å². The molecule has 0 bridgehead atoms. The smallest absolute Gasteiger partial charge is 0.315 e. The van der Waals surface area contributed by atoms with E-state index >= 15 is 0 Å². The Balaban J connectivity index is 1.76. The molecule has 2 rings (SSSR count). The molecule has 2 amide bonds. The lowest BCUT2D eigenvalue weighted by Crippen LogP contribution is -2.49. The van der Waals surface area contributed by atoms with Gasteiger partial charge in [0.25, 0.3) is 0 Å². The SMILES string of the molecule is CC1CCC(NC(=O)NCC2(CC(=O)O)CCC2)C1C. The van der Waals surface area contributed by atoms with Crippen molar-refractivity contribution in [1.82, 2.24) is 10.6 Å². The van der Waals surface area contributed by atoms with Gasteiger partial charge in [-0.2, -0.15) is 0 Å². The standard InChI is InChI=1S/C15H26N2O3/c1-10-4-5-12(11(10)2)17-14(20)16-9-15(6-3-7-15)8-13(18)19/h10-12H,3-9H2,1-2H3,(H,18,19)(H2,16,17,20). The molecule has 2 fully saturated rings. The van der Waals surface area contributed by atoms with Crippen LogP contribution in [0.4, 0.5) is 4.79 Å². The Hall–Kier alpha value is -1.26. The summed E-state index contributed by atoms with van der Waals surface area (Å²) in [5, 5.41) is 14.9. The van der Waals surface area contributed by atoms with Crippen LogP contribution in [0.1, 0.15) is 52.4 Å². The average molecular weight is 282 g/mol. The molecular formula is C15H26N2O3. The van der Waals surface area contributed by atoms with Crippen molar-refractivity contribution < 1.29 is 14.7 Å². The molecule has 0 radical (unpaired) electrons. The summed E-state index contributed by atoms with van der Waals surface area (Å²) in [6.07, 6.45) is 5.22. The van der Waals surface area contributed by atoms with E-state index in [1.165, 1.54) is 0 Å². The molecule has 3 N–H and O–H groups in total. The first-order valence-corrected chi connectivity index (χ1v) is 7.68. The molecular weight excluding hydrogens is 256 g/mol. The summed E-state index contributed by atoms with van der Waals surface area (Å²) in [4.78, 5) is 22.8. The third kappa shape index (κ3) is 3.44. The summed E-state index contributed by atoms with van der Waals surface area (Å²) in [5.41, 5.74) is -0.211. The molecule has 0 aromatic heterocycles. The molecule has 0 aromatic rings. The quantitative estimate of drug-likeness (QED) is 0.724. The highest BCUT2D eigenvalue weighted by molar-refractivity contribution is 5.74. The first-order valence-electron chi connectivity index (χ1n) is 7.68. The third-order valence-electron chi connectivity index (χ3n) is 5.35. The van der Waals surface area contributed by atoms with Crippen LogP contribution < -0.4 is 10.6 Å². The molecule has 2 aliphatic carbocycles. The van der Waals surface area contributed by atoms with Gasteiger partial charge in [0, 0.05) is 12.6 Å². The lowest BCUT2D eigenvalue weighted by molar-refractivity contribution is -0.141. The lowest BCUT2D eigenvalue weighted by Gasteiger charge is -2.40. The minimum atomic E-state index is -0.773. The summed E-state index contributed by atoms with van der Waals surface area (Å²) in [5.74, 6) is 0.396. The number of carbonyl (C=O) groups is 2. The Morgan fingerprint density at radius 2 is 1.95 bits per heavy atom. The fourth-order valence-corrected chi connectivity index (χ4v) is 3.47. The van der Waals surface area contributed by atoms with Gasteiger partial charge in [0.1, 0.15) is 0 Å². The number of aliphatic carboxylic acids is 1. The lowest BCUT2D eigenvalue weighted by atomic mass is 9.66. The van der Waals surface area contributed by atoms with Crippen molar-refractivity contribution in [3.8, 4) is 0 Å². The minimum Gasteiger partial charge on any atom is -0.481 e. The molecule has 0 heterocycles. The monoisotopic (exact) mass is 282 g/mol. The predicted molar refractivity (Wildman–Crippen MR) is 76.4 cm³/mol. The maximum Gasteiger partial charge on any atom is 0.315 e. The molecule has 20 heavy (non-hydrogen) atoms. The average Bonchev–Trinajstić information content (AvgIpc) is 2.64. The summed E-state index contributed by atoms with van der Waals surface area (Å²) >= 11 is 0. The number of rotatable bonds is 5. The van der Waals surface area contributed by atoms with E-state index in [1.807, 2.05) is 0 Å². The van der Waals surface area contributed by atoms with Gasteiger partial charge in [-0.25, -0.2) is 4.79 Å². The van der Waals surface area contributed by atoms with Crippen molar-refractivity contribution in [1.29, 1.82) is 0 Å². The molecule has 0 saturated heterocycles. The Bertz CT molecular complexity index is 379. The van der Waals surface area contributed by atoms with Gasteiger partial charge in [-0.3, -0.25) is 4.79 Å². The van der Waals surface area contributed by atoms with Crippen LogP contribution in [0.5, 0.6) is 0 Å². The van der Waals surface area contributed by atoms with Crippen LogP contribution in [0.15, 0.2) is 0 Å². The van der Waals surface area contributed by atoms with Crippen molar-refractivity contribution in [2.75, 3.05) is 6.54 Å². The molecule has 2 saturated carbocycles. The first kappa shape index (κ1) is 15.1. The molecule has 2 aliphatic rings. The predicted octanol–water partition coefficient (Wildman–Crippen LogP) is 2.37. The summed E-state index contributed by atoms with van der Waals surface area (Å²) in [6, 6.07) is 0.106. The molecule has 3 unspecified atom stereocenters. The number of carbonyl (C=O) groups excluding carboxylic acids is 1. The van der Waals surface area contributed by atoms with E-state index < -0.39 is 5.97 Å². The van der Waals surface area contributed by atoms with Crippen LogP contribution in [0.3, 0.4) is 0 Å². The Morgan fingerprint density at radius 3 is 2.40 bits per heavy atom. The fraction of sp³-hybridized carbons (Fsp3) is 0.867. The Morgan fingerprint density at radius 1 is 1.25 bits per heavy atom. The number of hydrogen-bond donors (Lipinski definition) is 3. The number of nitrogens with one attached hydrogen (secondary N) is 2. The van der Waals surface area contributed by atoms with Crippen LogP contribution >= 0.6 is 0 Å². The Labute approximate surface area is 120 Å². The Kier molecular flexibility index (Phi) is 4.55. The minimum absolute atomic E-state index is 0.146. The number of urea groups is 1. The highest BCUT2D eigenvalue weighted by atomic mass is 16.4. The van der Waals surface area contributed by atoms with Crippen molar-refractivity contribution in [3.63, 3.8) is 0 Å². The topological polar surface area (TPSA) is 78.4 Å². The maximum absolute atomic E-state index is 12.0. The molecule has 5 nitrogen and oxygen atoms in total. The van der Waals surface area contributed by atoms with E-state index in [0.29, 0.717) is 18.4 Å². The molecule has 3 atom stereocenters. The van der Waals surface area contributed by atoms with Crippen molar-refractivity contribution in [3.05, 3.63) is 0 Å². The number of amides is 2. The van der Waals surface area contributed by atoms with E-state index in [4.69, 9.17) is 5.11 Å². The van der Waals surface area contributed by atoms with Crippen LogP contribution in [-0.2, 0) is 4.79 Å². The van der Waals surface area contributed by atoms with Crippen LogP contribution in [0.25, 0.3) is 0 Å². The third-order valence-corrected chi connectivity index (χ3v) is 5.35. The van der Waals surface area contributed by atoms with Gasteiger partial charge in [-0.05, 0) is 42.9 Å². The molecule has 0 spiro atoms. The second-order valence-corrected chi connectivity index (χ2v) is 6.77. The van der Waals surface area contributed by atoms with Gasteiger partial charge >= 0.3 is 12.0 Å². The zero-order valence-electron chi connectivity index (χ0n) is 12.4. The van der Waals surface area contributed by atoms with E-state index in [9.17, 15) is 9.59 Å². The van der Waals surface area contributed by atoms with Gasteiger partial charge in [-0.15, -0.1) is 0 Å². The van der Waals surface area contributed by atoms with E-state index in [2.05, 4.69) is 24.5 Å². The molecule has 0 aromatic carbocycles. The first-order chi connectivity index (χ1) is 9.42. The highest BCUT2D eigenvalue weighted by Gasteiger charge is 2.39. The highest BCUT2D eigenvalue weighted by Crippen LogP contribution is 2.43. The summed E-state index contributed by atoms with van der Waals surface area (Å²) in [7, 11) is 0. The number of hydrogen-bond acceptors (Lipinski definition) is 2. The van der Waals surface area contributed by atoms with Crippen LogP contribution in [0, 0.1) is 17.3 Å². The van der Waals surface area contributed by atoms with E-state index in [-0.39, 0.29) is 23.9 Å². The van der Waals surface area contributed by atoms with Crippen molar-refractivity contribution in [2.45, 2.75) is 58.4 Å². The second kappa shape index (κ2) is 6.02. The van der Waals surface area contributed by atoms with E-state index in [1.54, 1.807) is 0 Å². The van der Waals surface area contributed by atoms with E-state index in [0.717, 1.165) is 32.1 Å². The number of carboxylic acid groups (broad SMARTS) is 1. The molecule has 114 valence electrons. The summed E-state index contributed by atoms with van der Waals surface area (Å²) < 4.78 is 0. The second-order valence-electron chi connectivity index (χ2n) is 6.77. The largest absolute Gasteiger partial charge is 0.481 e. The van der Waals surface area contributed by atoms with Gasteiger partial charge < -0.3 is 15.7 Å². The van der Waals surface area contributed by atoms with Gasteiger partial charge in [0.2, 0.25) is 0 Å². The number of carboxylic acids is 1. The normalized spacial score (nSPS) is 31.4. The fourth-order valence-electron chi connectivity index (χ4n) is 3.47. The van der Waals surface area contributed by atoms with Gasteiger partial charge in [0.05, 0.1) is 6.42 Å². The zero-order valence-corrected chi connectivity index (χ0v) is 12.4. The van der Waals surface area contributed by atoms with Crippen molar-refractivity contribution >= 4 is 12.0 Å². The zero-order chi connectivity index (χ0) is 14.8. The molecule has 5 heteroatoms. The summed E-state index contributed by atoms with van der Waals surface area (Å²) in [6.45, 7) is 4.88.